The lowest BCUT2D eigenvalue weighted by molar-refractivity contribution is 0.632. The SMILES string of the molecule is CC1(C)c2ccccc2N(c2cc(-c3nc4cccnc4n3-c3ccccc3)cc(-c3nc4cccnc4n3-c3ccccc3)c2)c2ccccc21. The predicted octanol–water partition coefficient (Wildman–Crippen LogP) is 10.6. The van der Waals surface area contributed by atoms with Crippen LogP contribution in [-0.4, -0.2) is 29.1 Å². The van der Waals surface area contributed by atoms with E-state index in [0.29, 0.717) is 0 Å². The summed E-state index contributed by atoms with van der Waals surface area (Å²) in [6.07, 6.45) is 3.65. The van der Waals surface area contributed by atoms with Crippen LogP contribution in [0, 0.1) is 0 Å². The third-order valence-corrected chi connectivity index (χ3v) is 10.2. The second kappa shape index (κ2) is 11.6. The largest absolute Gasteiger partial charge is 0.310 e. The number of benzene rings is 5. The first-order valence-corrected chi connectivity index (χ1v) is 17.5. The van der Waals surface area contributed by atoms with Crippen molar-refractivity contribution in [2.24, 2.45) is 0 Å². The Balaban J connectivity index is 1.31. The zero-order chi connectivity index (χ0) is 34.8. The van der Waals surface area contributed by atoms with Crippen molar-refractivity contribution in [2.75, 3.05) is 4.90 Å². The first-order valence-electron chi connectivity index (χ1n) is 17.5. The first kappa shape index (κ1) is 30.0. The van der Waals surface area contributed by atoms with Crippen LogP contribution in [0.4, 0.5) is 17.1 Å². The molecule has 0 N–H and O–H groups in total. The zero-order valence-corrected chi connectivity index (χ0v) is 28.7. The van der Waals surface area contributed by atoms with E-state index in [1.165, 1.54) is 11.1 Å². The normalized spacial score (nSPS) is 13.3. The summed E-state index contributed by atoms with van der Waals surface area (Å²) < 4.78 is 4.31. The molecule has 1 aliphatic rings. The molecule has 0 amide bonds. The van der Waals surface area contributed by atoms with Crippen LogP contribution in [-0.2, 0) is 5.41 Å². The van der Waals surface area contributed by atoms with Crippen LogP contribution in [0.1, 0.15) is 25.0 Å². The maximum absolute atomic E-state index is 5.26. The van der Waals surface area contributed by atoms with E-state index in [0.717, 1.165) is 73.5 Å². The van der Waals surface area contributed by atoms with Gasteiger partial charge in [-0.05, 0) is 90.0 Å². The van der Waals surface area contributed by atoms with Gasteiger partial charge in [-0.15, -0.1) is 0 Å². The van der Waals surface area contributed by atoms with Crippen molar-refractivity contribution in [3.05, 3.63) is 175 Å². The minimum absolute atomic E-state index is 0.190. The monoisotopic (exact) mass is 671 g/mol. The summed E-state index contributed by atoms with van der Waals surface area (Å²) >= 11 is 0. The van der Waals surface area contributed by atoms with Gasteiger partial charge < -0.3 is 4.90 Å². The number of rotatable bonds is 5. The van der Waals surface area contributed by atoms with Crippen LogP contribution in [0.25, 0.3) is 56.5 Å². The van der Waals surface area contributed by atoms with Crippen molar-refractivity contribution in [3.8, 4) is 34.2 Å². The van der Waals surface area contributed by atoms with Gasteiger partial charge in [0.2, 0.25) is 0 Å². The fourth-order valence-corrected chi connectivity index (χ4v) is 7.80. The number of pyridine rings is 2. The number of anilines is 3. The highest BCUT2D eigenvalue weighted by Crippen LogP contribution is 2.52. The number of hydrogen-bond donors (Lipinski definition) is 0. The highest BCUT2D eigenvalue weighted by atomic mass is 15.2. The average molecular weight is 672 g/mol. The average Bonchev–Trinajstić information content (AvgIpc) is 3.78. The summed E-state index contributed by atoms with van der Waals surface area (Å²) in [5, 5.41) is 0. The molecule has 4 aromatic heterocycles. The quantitative estimate of drug-likeness (QED) is 0.182. The number of imidazole rings is 2. The van der Waals surface area contributed by atoms with Crippen LogP contribution >= 0.6 is 0 Å². The lowest BCUT2D eigenvalue weighted by Crippen LogP contribution is -2.30. The van der Waals surface area contributed by atoms with Crippen molar-refractivity contribution < 1.29 is 0 Å². The molecule has 0 radical (unpaired) electrons. The van der Waals surface area contributed by atoms with Gasteiger partial charge in [-0.3, -0.25) is 9.13 Å². The molecule has 0 saturated heterocycles. The van der Waals surface area contributed by atoms with Gasteiger partial charge in [0, 0.05) is 46.0 Å². The topological polar surface area (TPSA) is 64.7 Å². The molecule has 1 aliphatic heterocycles. The van der Waals surface area contributed by atoms with E-state index in [9.17, 15) is 0 Å². The van der Waals surface area contributed by atoms with Crippen molar-refractivity contribution in [1.82, 2.24) is 29.1 Å². The van der Waals surface area contributed by atoms with Gasteiger partial charge in [0.25, 0.3) is 0 Å². The Morgan fingerprint density at radius 2 is 0.885 bits per heavy atom. The maximum atomic E-state index is 5.26. The fourth-order valence-electron chi connectivity index (χ4n) is 7.80. The lowest BCUT2D eigenvalue weighted by Gasteiger charge is -2.42. The Hall–Kier alpha value is -6.86. The number of para-hydroxylation sites is 4. The minimum Gasteiger partial charge on any atom is -0.310 e. The van der Waals surface area contributed by atoms with E-state index in [1.54, 1.807) is 0 Å². The molecule has 7 heteroatoms. The van der Waals surface area contributed by atoms with Gasteiger partial charge in [0.05, 0.1) is 11.4 Å². The van der Waals surface area contributed by atoms with E-state index in [1.807, 2.05) is 73.1 Å². The van der Waals surface area contributed by atoms with Crippen molar-refractivity contribution >= 4 is 39.4 Å². The molecular formula is C45H33N7. The molecule has 0 bridgehead atoms. The summed E-state index contributed by atoms with van der Waals surface area (Å²) in [7, 11) is 0. The van der Waals surface area contributed by atoms with E-state index in [-0.39, 0.29) is 5.41 Å². The van der Waals surface area contributed by atoms with Gasteiger partial charge in [0.1, 0.15) is 22.7 Å². The third kappa shape index (κ3) is 4.59. The molecule has 52 heavy (non-hydrogen) atoms. The van der Waals surface area contributed by atoms with Crippen LogP contribution in [0.3, 0.4) is 0 Å². The molecule has 10 rings (SSSR count). The van der Waals surface area contributed by atoms with Gasteiger partial charge in [0.15, 0.2) is 11.3 Å². The van der Waals surface area contributed by atoms with Gasteiger partial charge >= 0.3 is 0 Å². The predicted molar refractivity (Wildman–Crippen MR) is 209 cm³/mol. The second-order valence-electron chi connectivity index (χ2n) is 13.7. The van der Waals surface area contributed by atoms with Crippen LogP contribution in [0.15, 0.2) is 164 Å². The summed E-state index contributed by atoms with van der Waals surface area (Å²) in [6.45, 7) is 4.63. The van der Waals surface area contributed by atoms with E-state index in [4.69, 9.17) is 19.9 Å². The Morgan fingerprint density at radius 3 is 1.37 bits per heavy atom. The van der Waals surface area contributed by atoms with E-state index in [2.05, 4.69) is 119 Å². The molecule has 7 nitrogen and oxygen atoms in total. The summed E-state index contributed by atoms with van der Waals surface area (Å²) in [5.41, 5.74) is 12.7. The molecule has 0 atom stereocenters. The fraction of sp³-hybridized carbons (Fsp3) is 0.0667. The Morgan fingerprint density at radius 1 is 0.442 bits per heavy atom. The molecule has 5 aromatic carbocycles. The Kier molecular flexibility index (Phi) is 6.70. The molecule has 248 valence electrons. The standard InChI is InChI=1S/C45H33N7/c1-45(2)35-19-9-11-23-39(35)50(40-24-12-10-20-36(40)45)34-28-30(41-48-37-21-13-25-46-43(37)51(41)32-15-5-3-6-16-32)27-31(29-34)42-49-38-22-14-26-47-44(38)52(42)33-17-7-4-8-18-33/h3-29H,1-2H3. The molecule has 0 fully saturated rings. The molecule has 0 saturated carbocycles. The summed E-state index contributed by atoms with van der Waals surface area (Å²) in [4.78, 5) is 22.5. The zero-order valence-electron chi connectivity index (χ0n) is 28.7. The highest BCUT2D eigenvalue weighted by Gasteiger charge is 2.37. The number of fused-ring (bicyclic) bond motifs is 4. The van der Waals surface area contributed by atoms with Crippen LogP contribution in [0.2, 0.25) is 0 Å². The Bertz CT molecular complexity index is 2590. The number of hydrogen-bond acceptors (Lipinski definition) is 5. The molecule has 0 spiro atoms. The lowest BCUT2D eigenvalue weighted by atomic mass is 9.73. The first-order chi connectivity index (χ1) is 25.6. The number of aromatic nitrogens is 6. The third-order valence-electron chi connectivity index (χ3n) is 10.2. The van der Waals surface area contributed by atoms with Crippen molar-refractivity contribution in [3.63, 3.8) is 0 Å². The summed E-state index contributed by atoms with van der Waals surface area (Å²) in [5.74, 6) is 1.59. The molecule has 9 aromatic rings. The van der Waals surface area contributed by atoms with Gasteiger partial charge in [-0.2, -0.15) is 0 Å². The highest BCUT2D eigenvalue weighted by molar-refractivity contribution is 5.91. The molecule has 5 heterocycles. The Labute approximate surface area is 301 Å². The van der Waals surface area contributed by atoms with Gasteiger partial charge in [-0.1, -0.05) is 86.6 Å². The molecular weight excluding hydrogens is 639 g/mol. The van der Waals surface area contributed by atoms with E-state index >= 15 is 0 Å². The van der Waals surface area contributed by atoms with Crippen LogP contribution < -0.4 is 4.90 Å². The van der Waals surface area contributed by atoms with Crippen LogP contribution in [0.5, 0.6) is 0 Å². The summed E-state index contributed by atoms with van der Waals surface area (Å²) in [6, 6.07) is 52.8. The van der Waals surface area contributed by atoms with E-state index < -0.39 is 0 Å². The molecule has 0 unspecified atom stereocenters. The van der Waals surface area contributed by atoms with Gasteiger partial charge in [-0.25, -0.2) is 19.9 Å². The second-order valence-corrected chi connectivity index (χ2v) is 13.7. The smallest absolute Gasteiger partial charge is 0.164 e. The minimum atomic E-state index is -0.190. The van der Waals surface area contributed by atoms with Crippen molar-refractivity contribution in [1.29, 1.82) is 0 Å². The number of nitrogens with zero attached hydrogens (tertiary/aromatic N) is 7. The molecule has 0 aliphatic carbocycles. The maximum Gasteiger partial charge on any atom is 0.164 e. The van der Waals surface area contributed by atoms with Crippen molar-refractivity contribution in [2.45, 2.75) is 19.3 Å².